The SMILES string of the molecule is O=C1C(c2ccccc2)=C(N2CCN(c3ccccn3)CC2)C(=O)N1C1CCCCCCC1. The number of pyridine rings is 1. The molecule has 5 rings (SSSR count). The van der Waals surface area contributed by atoms with Gasteiger partial charge < -0.3 is 9.80 Å². The standard InChI is InChI=1S/C27H32N4O2/c32-26-24(21-11-5-4-6-12-21)25(27(33)31(26)22-13-7-2-1-3-8-14-22)30-19-17-29(18-20-30)23-15-9-10-16-28-23/h4-6,9-12,15-16,22H,1-3,7-8,13-14,17-20H2. The first-order valence-corrected chi connectivity index (χ1v) is 12.3. The van der Waals surface area contributed by atoms with Gasteiger partial charge in [0.15, 0.2) is 0 Å². The molecule has 33 heavy (non-hydrogen) atoms. The highest BCUT2D eigenvalue weighted by Gasteiger charge is 2.45. The molecular weight excluding hydrogens is 412 g/mol. The summed E-state index contributed by atoms with van der Waals surface area (Å²) >= 11 is 0. The van der Waals surface area contributed by atoms with Crippen LogP contribution >= 0.6 is 0 Å². The van der Waals surface area contributed by atoms with Gasteiger partial charge in [0.1, 0.15) is 11.5 Å². The van der Waals surface area contributed by atoms with Crippen molar-refractivity contribution < 1.29 is 9.59 Å². The highest BCUT2D eigenvalue weighted by Crippen LogP contribution is 2.36. The number of benzene rings is 1. The molecule has 6 heteroatoms. The van der Waals surface area contributed by atoms with Crippen LogP contribution < -0.4 is 4.90 Å². The van der Waals surface area contributed by atoms with Gasteiger partial charge in [-0.25, -0.2) is 4.98 Å². The molecule has 0 bridgehead atoms. The summed E-state index contributed by atoms with van der Waals surface area (Å²) in [5.41, 5.74) is 2.01. The van der Waals surface area contributed by atoms with Gasteiger partial charge in [-0.2, -0.15) is 0 Å². The second-order valence-corrected chi connectivity index (χ2v) is 9.23. The maximum atomic E-state index is 13.8. The van der Waals surface area contributed by atoms with E-state index < -0.39 is 0 Å². The third kappa shape index (κ3) is 4.39. The minimum atomic E-state index is -0.112. The van der Waals surface area contributed by atoms with Gasteiger partial charge in [0, 0.05) is 38.4 Å². The minimum Gasteiger partial charge on any atom is -0.363 e. The van der Waals surface area contributed by atoms with E-state index in [9.17, 15) is 9.59 Å². The molecule has 172 valence electrons. The van der Waals surface area contributed by atoms with Crippen LogP contribution in [0.3, 0.4) is 0 Å². The second-order valence-electron chi connectivity index (χ2n) is 9.23. The Labute approximate surface area is 195 Å². The van der Waals surface area contributed by atoms with E-state index in [1.165, 1.54) is 19.3 Å². The van der Waals surface area contributed by atoms with Crippen LogP contribution in [0.1, 0.15) is 50.5 Å². The van der Waals surface area contributed by atoms with Crippen molar-refractivity contribution in [1.82, 2.24) is 14.8 Å². The Morgan fingerprint density at radius 2 is 1.33 bits per heavy atom. The minimum absolute atomic E-state index is 0.0105. The lowest BCUT2D eigenvalue weighted by Gasteiger charge is -2.37. The van der Waals surface area contributed by atoms with E-state index in [1.807, 2.05) is 54.7 Å². The van der Waals surface area contributed by atoms with E-state index in [0.717, 1.165) is 50.2 Å². The van der Waals surface area contributed by atoms with E-state index in [1.54, 1.807) is 4.90 Å². The first-order valence-electron chi connectivity index (χ1n) is 12.3. The predicted octanol–water partition coefficient (Wildman–Crippen LogP) is 4.10. The van der Waals surface area contributed by atoms with Gasteiger partial charge >= 0.3 is 0 Å². The molecule has 1 aliphatic carbocycles. The van der Waals surface area contributed by atoms with Crippen LogP contribution in [0.25, 0.3) is 5.57 Å². The molecule has 3 aliphatic rings. The molecule has 0 radical (unpaired) electrons. The zero-order chi connectivity index (χ0) is 22.6. The Balaban J connectivity index is 1.43. The molecule has 1 saturated carbocycles. The van der Waals surface area contributed by atoms with Crippen molar-refractivity contribution in [2.45, 2.75) is 51.0 Å². The fraction of sp³-hybridized carbons (Fsp3) is 0.444. The Kier molecular flexibility index (Phi) is 6.42. The number of carbonyl (C=O) groups excluding carboxylic acids is 2. The summed E-state index contributed by atoms with van der Waals surface area (Å²) in [6, 6.07) is 15.7. The Morgan fingerprint density at radius 1 is 0.697 bits per heavy atom. The van der Waals surface area contributed by atoms with Crippen LogP contribution in [0.5, 0.6) is 0 Å². The lowest BCUT2D eigenvalue weighted by atomic mass is 9.95. The smallest absolute Gasteiger partial charge is 0.278 e. The number of hydrogen-bond donors (Lipinski definition) is 0. The van der Waals surface area contributed by atoms with E-state index in [4.69, 9.17) is 0 Å². The third-order valence-corrected chi connectivity index (χ3v) is 7.16. The van der Waals surface area contributed by atoms with Crippen molar-refractivity contribution in [2.24, 2.45) is 0 Å². The van der Waals surface area contributed by atoms with E-state index in [0.29, 0.717) is 24.4 Å². The molecule has 2 fully saturated rings. The second kappa shape index (κ2) is 9.77. The molecule has 0 spiro atoms. The zero-order valence-electron chi connectivity index (χ0n) is 19.2. The molecule has 2 amide bonds. The lowest BCUT2D eigenvalue weighted by Crippen LogP contribution is -2.48. The molecule has 0 atom stereocenters. The van der Waals surface area contributed by atoms with Crippen molar-refractivity contribution in [3.05, 3.63) is 66.0 Å². The van der Waals surface area contributed by atoms with E-state index in [2.05, 4.69) is 14.8 Å². The van der Waals surface area contributed by atoms with Crippen molar-refractivity contribution in [2.75, 3.05) is 31.1 Å². The first kappa shape index (κ1) is 21.7. The zero-order valence-corrected chi connectivity index (χ0v) is 19.2. The third-order valence-electron chi connectivity index (χ3n) is 7.16. The van der Waals surface area contributed by atoms with Gasteiger partial charge in [-0.15, -0.1) is 0 Å². The van der Waals surface area contributed by atoms with Gasteiger partial charge in [-0.3, -0.25) is 14.5 Å². The largest absolute Gasteiger partial charge is 0.363 e. The maximum absolute atomic E-state index is 13.8. The number of hydrogen-bond acceptors (Lipinski definition) is 5. The van der Waals surface area contributed by atoms with Crippen molar-refractivity contribution in [1.29, 1.82) is 0 Å². The Morgan fingerprint density at radius 3 is 2.00 bits per heavy atom. The quantitative estimate of drug-likeness (QED) is 0.665. The fourth-order valence-electron chi connectivity index (χ4n) is 5.42. The number of imide groups is 1. The number of carbonyl (C=O) groups is 2. The van der Waals surface area contributed by atoms with Crippen LogP contribution in [-0.2, 0) is 9.59 Å². The van der Waals surface area contributed by atoms with Gasteiger partial charge in [-0.05, 0) is 30.5 Å². The summed E-state index contributed by atoms with van der Waals surface area (Å²) in [6.07, 6.45) is 9.45. The number of anilines is 1. The lowest BCUT2D eigenvalue weighted by molar-refractivity contribution is -0.140. The molecular formula is C27H32N4O2. The predicted molar refractivity (Wildman–Crippen MR) is 129 cm³/mol. The molecule has 1 aromatic carbocycles. The first-order chi connectivity index (χ1) is 16.2. The topological polar surface area (TPSA) is 56.8 Å². The van der Waals surface area contributed by atoms with Crippen molar-refractivity contribution in [3.63, 3.8) is 0 Å². The van der Waals surface area contributed by atoms with Crippen LogP contribution in [0.15, 0.2) is 60.4 Å². The number of piperazine rings is 1. The summed E-state index contributed by atoms with van der Waals surface area (Å²) < 4.78 is 0. The molecule has 3 heterocycles. The summed E-state index contributed by atoms with van der Waals surface area (Å²) in [6.45, 7) is 2.93. The molecule has 0 N–H and O–H groups in total. The van der Waals surface area contributed by atoms with Gasteiger partial charge in [0.05, 0.1) is 5.57 Å². The average Bonchev–Trinajstić information content (AvgIpc) is 3.10. The number of amides is 2. The van der Waals surface area contributed by atoms with Crippen LogP contribution in [-0.4, -0.2) is 58.8 Å². The maximum Gasteiger partial charge on any atom is 0.278 e. The van der Waals surface area contributed by atoms with Gasteiger partial charge in [-0.1, -0.05) is 68.5 Å². The van der Waals surface area contributed by atoms with Crippen LogP contribution in [0, 0.1) is 0 Å². The summed E-state index contributed by atoms with van der Waals surface area (Å²) in [7, 11) is 0. The van der Waals surface area contributed by atoms with Crippen LogP contribution in [0.4, 0.5) is 5.82 Å². The number of nitrogens with zero attached hydrogens (tertiary/aromatic N) is 4. The fourth-order valence-corrected chi connectivity index (χ4v) is 5.42. The normalized spacial score (nSPS) is 20.9. The molecule has 6 nitrogen and oxygen atoms in total. The van der Waals surface area contributed by atoms with Crippen LogP contribution in [0.2, 0.25) is 0 Å². The Hall–Kier alpha value is -3.15. The summed E-state index contributed by atoms with van der Waals surface area (Å²) in [4.78, 5) is 38.0. The molecule has 1 aromatic heterocycles. The van der Waals surface area contributed by atoms with E-state index >= 15 is 0 Å². The molecule has 0 unspecified atom stereocenters. The van der Waals surface area contributed by atoms with Crippen molar-refractivity contribution >= 4 is 23.2 Å². The van der Waals surface area contributed by atoms with Crippen molar-refractivity contribution in [3.8, 4) is 0 Å². The number of aromatic nitrogens is 1. The highest BCUT2D eigenvalue weighted by molar-refractivity contribution is 6.35. The monoisotopic (exact) mass is 444 g/mol. The Bertz CT molecular complexity index is 1000. The van der Waals surface area contributed by atoms with Gasteiger partial charge in [0.25, 0.3) is 11.8 Å². The highest BCUT2D eigenvalue weighted by atomic mass is 16.2. The van der Waals surface area contributed by atoms with Gasteiger partial charge in [0.2, 0.25) is 0 Å². The average molecular weight is 445 g/mol. The molecule has 2 aliphatic heterocycles. The summed E-state index contributed by atoms with van der Waals surface area (Å²) in [5, 5.41) is 0. The summed E-state index contributed by atoms with van der Waals surface area (Å²) in [5.74, 6) is 0.744. The van der Waals surface area contributed by atoms with E-state index in [-0.39, 0.29) is 17.9 Å². The molecule has 2 aromatic rings. The molecule has 1 saturated heterocycles. The number of rotatable bonds is 4.